The Labute approximate surface area is 115 Å². The average Bonchev–Trinajstić information content (AvgIpc) is 2.43. The second-order valence-electron chi connectivity index (χ2n) is 4.51. The van der Waals surface area contributed by atoms with Crippen LogP contribution in [-0.4, -0.2) is 37.6 Å². The van der Waals surface area contributed by atoms with E-state index in [1.807, 2.05) is 37.2 Å². The first-order chi connectivity index (χ1) is 9.17. The molecule has 1 heterocycles. The maximum absolute atomic E-state index is 11.6. The van der Waals surface area contributed by atoms with Gasteiger partial charge in [0.2, 0.25) is 5.91 Å². The molecule has 2 N–H and O–H groups in total. The summed E-state index contributed by atoms with van der Waals surface area (Å²) in [6.07, 6.45) is 2.80. The number of nitrogens with one attached hydrogen (secondary N) is 2. The van der Waals surface area contributed by atoms with E-state index in [4.69, 9.17) is 0 Å². The number of anilines is 1. The molecule has 0 saturated carbocycles. The van der Waals surface area contributed by atoms with Crippen molar-refractivity contribution in [1.82, 2.24) is 15.6 Å². The number of pyridine rings is 1. The monoisotopic (exact) mass is 264 g/mol. The lowest BCUT2D eigenvalue weighted by Gasteiger charge is -2.17. The molecular weight excluding hydrogens is 240 g/mol. The summed E-state index contributed by atoms with van der Waals surface area (Å²) in [5.41, 5.74) is 1.15. The van der Waals surface area contributed by atoms with E-state index < -0.39 is 0 Å². The number of likely N-dealkylation sites (N-methyl/N-ethyl adjacent to an activating group) is 1. The van der Waals surface area contributed by atoms with Crippen molar-refractivity contribution in [1.29, 1.82) is 0 Å². The van der Waals surface area contributed by atoms with Crippen molar-refractivity contribution in [3.63, 3.8) is 0 Å². The number of aromatic nitrogens is 1. The lowest BCUT2D eigenvalue weighted by Crippen LogP contribution is -2.35. The summed E-state index contributed by atoms with van der Waals surface area (Å²) in [7, 11) is 1.87. The van der Waals surface area contributed by atoms with E-state index >= 15 is 0 Å². The van der Waals surface area contributed by atoms with Crippen LogP contribution in [0.1, 0.15) is 25.8 Å². The predicted molar refractivity (Wildman–Crippen MR) is 78.2 cm³/mol. The van der Waals surface area contributed by atoms with E-state index in [9.17, 15) is 4.79 Å². The highest BCUT2D eigenvalue weighted by molar-refractivity contribution is 5.80. The molecule has 0 saturated heterocycles. The Morgan fingerprint density at radius 3 is 2.74 bits per heavy atom. The number of carbonyl (C=O) groups is 1. The Morgan fingerprint density at radius 2 is 2.16 bits per heavy atom. The molecule has 0 atom stereocenters. The maximum atomic E-state index is 11.6. The highest BCUT2D eigenvalue weighted by Crippen LogP contribution is 2.09. The number of amides is 1. The molecule has 1 aromatic rings. The largest absolute Gasteiger partial charge is 0.355 e. The highest BCUT2D eigenvalue weighted by Gasteiger charge is 2.07. The molecular formula is C14H24N4O. The first-order valence-corrected chi connectivity index (χ1v) is 6.80. The van der Waals surface area contributed by atoms with Crippen LogP contribution in [0.15, 0.2) is 18.3 Å². The Kier molecular flexibility index (Phi) is 6.89. The first kappa shape index (κ1) is 15.4. The fraction of sp³-hybridized carbons (Fsp3) is 0.571. The van der Waals surface area contributed by atoms with E-state index in [0.29, 0.717) is 6.54 Å². The van der Waals surface area contributed by atoms with E-state index in [1.54, 1.807) is 0 Å². The van der Waals surface area contributed by atoms with Gasteiger partial charge < -0.3 is 15.5 Å². The summed E-state index contributed by atoms with van der Waals surface area (Å²) < 4.78 is 0. The van der Waals surface area contributed by atoms with Crippen molar-refractivity contribution in [3.8, 4) is 0 Å². The summed E-state index contributed by atoms with van der Waals surface area (Å²) in [5.74, 6) is 0.842. The van der Waals surface area contributed by atoms with Crippen LogP contribution < -0.4 is 15.5 Å². The average molecular weight is 264 g/mol. The van der Waals surface area contributed by atoms with Gasteiger partial charge in [-0.1, -0.05) is 19.9 Å². The molecule has 0 fully saturated rings. The zero-order valence-electron chi connectivity index (χ0n) is 12.1. The first-order valence-electron chi connectivity index (χ1n) is 6.80. The third kappa shape index (κ3) is 5.70. The lowest BCUT2D eigenvalue weighted by atomic mass is 10.2. The summed E-state index contributed by atoms with van der Waals surface area (Å²) in [4.78, 5) is 17.8. The molecule has 0 spiro atoms. The Morgan fingerprint density at radius 1 is 1.37 bits per heavy atom. The summed E-state index contributed by atoms with van der Waals surface area (Å²) in [6.45, 7) is 6.93. The van der Waals surface area contributed by atoms with Gasteiger partial charge in [0, 0.05) is 26.3 Å². The molecule has 1 aromatic heterocycles. The number of carbonyl (C=O) groups excluding carboxylic acids is 1. The van der Waals surface area contributed by atoms with Crippen molar-refractivity contribution < 1.29 is 4.79 Å². The highest BCUT2D eigenvalue weighted by atomic mass is 16.2. The van der Waals surface area contributed by atoms with Gasteiger partial charge >= 0.3 is 0 Å². The predicted octanol–water partition coefficient (Wildman–Crippen LogP) is 1.15. The Balaban J connectivity index is 2.48. The van der Waals surface area contributed by atoms with Gasteiger partial charge in [-0.2, -0.15) is 0 Å². The molecule has 0 radical (unpaired) electrons. The minimum atomic E-state index is 0.0304. The van der Waals surface area contributed by atoms with Crippen LogP contribution in [0.4, 0.5) is 5.82 Å². The molecule has 0 bridgehead atoms. The standard InChI is InChI=1S/C14H24N4O/c1-4-8-16-14(19)11-18(3)13-7-6-12(10-17-13)9-15-5-2/h6-7,10,15H,4-5,8-9,11H2,1-3H3,(H,16,19). The lowest BCUT2D eigenvalue weighted by molar-refractivity contribution is -0.119. The molecule has 19 heavy (non-hydrogen) atoms. The Hall–Kier alpha value is -1.62. The van der Waals surface area contributed by atoms with Crippen molar-refractivity contribution in [2.24, 2.45) is 0 Å². The van der Waals surface area contributed by atoms with Gasteiger partial charge in [0.05, 0.1) is 6.54 Å². The van der Waals surface area contributed by atoms with Crippen molar-refractivity contribution in [2.75, 3.05) is 31.6 Å². The molecule has 0 aliphatic rings. The molecule has 1 rings (SSSR count). The quantitative estimate of drug-likeness (QED) is 0.739. The van der Waals surface area contributed by atoms with Gasteiger partial charge in [0.1, 0.15) is 5.82 Å². The zero-order chi connectivity index (χ0) is 14.1. The smallest absolute Gasteiger partial charge is 0.239 e. The SMILES string of the molecule is CCCNC(=O)CN(C)c1ccc(CNCC)cn1. The van der Waals surface area contributed by atoms with Crippen molar-refractivity contribution in [2.45, 2.75) is 26.8 Å². The van der Waals surface area contributed by atoms with Crippen molar-refractivity contribution in [3.05, 3.63) is 23.9 Å². The fourth-order valence-corrected chi connectivity index (χ4v) is 1.63. The number of nitrogens with zero attached hydrogens (tertiary/aromatic N) is 2. The minimum Gasteiger partial charge on any atom is -0.355 e. The summed E-state index contributed by atoms with van der Waals surface area (Å²) in [6, 6.07) is 3.98. The topological polar surface area (TPSA) is 57.3 Å². The second kappa shape index (κ2) is 8.48. The van der Waals surface area contributed by atoms with E-state index in [2.05, 4.69) is 22.5 Å². The fourth-order valence-electron chi connectivity index (χ4n) is 1.63. The third-order valence-corrected chi connectivity index (χ3v) is 2.73. The molecule has 0 aliphatic carbocycles. The molecule has 106 valence electrons. The van der Waals surface area contributed by atoms with E-state index in [1.165, 1.54) is 0 Å². The van der Waals surface area contributed by atoms with Gasteiger partial charge in [-0.15, -0.1) is 0 Å². The van der Waals surface area contributed by atoms with Crippen LogP contribution in [0.25, 0.3) is 0 Å². The van der Waals surface area contributed by atoms with E-state index in [-0.39, 0.29) is 5.91 Å². The number of hydrogen-bond donors (Lipinski definition) is 2. The van der Waals surface area contributed by atoms with Gasteiger partial charge in [-0.05, 0) is 24.6 Å². The molecule has 0 aliphatic heterocycles. The molecule has 5 nitrogen and oxygen atoms in total. The van der Waals surface area contributed by atoms with Gasteiger partial charge in [0.25, 0.3) is 0 Å². The second-order valence-corrected chi connectivity index (χ2v) is 4.51. The van der Waals surface area contributed by atoms with E-state index in [0.717, 1.165) is 37.4 Å². The van der Waals surface area contributed by atoms with Crippen LogP contribution >= 0.6 is 0 Å². The minimum absolute atomic E-state index is 0.0304. The van der Waals surface area contributed by atoms with Crippen LogP contribution in [0.5, 0.6) is 0 Å². The maximum Gasteiger partial charge on any atom is 0.239 e. The normalized spacial score (nSPS) is 10.3. The molecule has 0 aromatic carbocycles. The number of rotatable bonds is 8. The molecule has 0 unspecified atom stereocenters. The van der Waals surface area contributed by atoms with Crippen LogP contribution in [0, 0.1) is 0 Å². The third-order valence-electron chi connectivity index (χ3n) is 2.73. The Bertz CT molecular complexity index is 378. The number of hydrogen-bond acceptors (Lipinski definition) is 4. The van der Waals surface area contributed by atoms with Crippen LogP contribution in [-0.2, 0) is 11.3 Å². The molecule has 5 heteroatoms. The summed E-state index contributed by atoms with van der Waals surface area (Å²) >= 11 is 0. The molecule has 1 amide bonds. The van der Waals surface area contributed by atoms with Crippen molar-refractivity contribution >= 4 is 11.7 Å². The van der Waals surface area contributed by atoms with Crippen LogP contribution in [0.2, 0.25) is 0 Å². The van der Waals surface area contributed by atoms with Gasteiger partial charge in [-0.3, -0.25) is 4.79 Å². The zero-order valence-corrected chi connectivity index (χ0v) is 12.1. The van der Waals surface area contributed by atoms with Gasteiger partial charge in [0.15, 0.2) is 0 Å². The van der Waals surface area contributed by atoms with Crippen LogP contribution in [0.3, 0.4) is 0 Å². The summed E-state index contributed by atoms with van der Waals surface area (Å²) in [5, 5.41) is 6.10. The van der Waals surface area contributed by atoms with Gasteiger partial charge in [-0.25, -0.2) is 4.98 Å².